The van der Waals surface area contributed by atoms with Crippen LogP contribution in [-0.4, -0.2) is 22.4 Å². The Bertz CT molecular complexity index is 173. The predicted octanol–water partition coefficient (Wildman–Crippen LogP) is 0.614. The third kappa shape index (κ3) is 1.13. The van der Waals surface area contributed by atoms with E-state index in [9.17, 15) is 10.2 Å². The lowest BCUT2D eigenvalue weighted by molar-refractivity contribution is 0.210. The molecular weight excluding hydrogens is 128 g/mol. The molecule has 2 heteroatoms. The largest absolute Gasteiger partial charge is 0.385 e. The molecule has 0 aromatic heterocycles. The molecule has 0 fully saturated rings. The Morgan fingerprint density at radius 2 is 1.60 bits per heavy atom. The Kier molecular flexibility index (Phi) is 1.92. The number of aliphatic hydroxyl groups is 2. The van der Waals surface area contributed by atoms with E-state index in [4.69, 9.17) is 0 Å². The van der Waals surface area contributed by atoms with Gasteiger partial charge < -0.3 is 10.2 Å². The minimum Gasteiger partial charge on any atom is -0.385 e. The number of aliphatic hydroxyl groups excluding tert-OH is 2. The zero-order valence-corrected chi connectivity index (χ0v) is 6.20. The second-order valence-corrected chi connectivity index (χ2v) is 2.73. The number of rotatable bonds is 0. The monoisotopic (exact) mass is 140 g/mol. The average molecular weight is 140 g/mol. The van der Waals surface area contributed by atoms with Gasteiger partial charge in [0.05, 0.1) is 12.2 Å². The van der Waals surface area contributed by atoms with Gasteiger partial charge in [0, 0.05) is 0 Å². The van der Waals surface area contributed by atoms with Gasteiger partial charge in [-0.15, -0.1) is 0 Å². The molecule has 56 valence electrons. The summed E-state index contributed by atoms with van der Waals surface area (Å²) in [7, 11) is 0. The Labute approximate surface area is 60.5 Å². The first-order valence-corrected chi connectivity index (χ1v) is 3.34. The molecule has 0 aromatic carbocycles. The number of allylic oxidation sites excluding steroid dienone is 1. The fourth-order valence-electron chi connectivity index (χ4n) is 1.18. The molecule has 10 heavy (non-hydrogen) atoms. The highest BCUT2D eigenvalue weighted by Crippen LogP contribution is 2.21. The van der Waals surface area contributed by atoms with Crippen molar-refractivity contribution in [3.8, 4) is 0 Å². The molecule has 0 bridgehead atoms. The van der Waals surface area contributed by atoms with Crippen LogP contribution in [0.1, 0.15) is 13.8 Å². The summed E-state index contributed by atoms with van der Waals surface area (Å²) in [6, 6.07) is 0. The van der Waals surface area contributed by atoms with Gasteiger partial charge in [-0.1, -0.05) is 17.7 Å². The lowest BCUT2D eigenvalue weighted by atomic mass is 10.1. The van der Waals surface area contributed by atoms with E-state index < -0.39 is 12.2 Å². The van der Waals surface area contributed by atoms with Crippen LogP contribution in [0, 0.1) is 0 Å². The Morgan fingerprint density at radius 1 is 1.20 bits per heavy atom. The van der Waals surface area contributed by atoms with Crippen molar-refractivity contribution in [2.45, 2.75) is 26.1 Å². The summed E-state index contributed by atoms with van der Waals surface area (Å²) in [4.78, 5) is 0. The minimum atomic E-state index is -0.569. The second kappa shape index (κ2) is 2.56. The van der Waals surface area contributed by atoms with Crippen LogP contribution in [0.25, 0.3) is 0 Å². The molecule has 0 saturated heterocycles. The smallest absolute Gasteiger partial charge is 0.0963 e. The summed E-state index contributed by atoms with van der Waals surface area (Å²) in [5, 5.41) is 18.5. The van der Waals surface area contributed by atoms with E-state index in [1.165, 1.54) is 0 Å². The van der Waals surface area contributed by atoms with Crippen LogP contribution < -0.4 is 0 Å². The van der Waals surface area contributed by atoms with Gasteiger partial charge >= 0.3 is 0 Å². The summed E-state index contributed by atoms with van der Waals surface area (Å²) >= 11 is 0. The normalized spacial score (nSPS) is 31.4. The van der Waals surface area contributed by atoms with Crippen molar-refractivity contribution >= 4 is 0 Å². The Hall–Kier alpha value is -0.600. The second-order valence-electron chi connectivity index (χ2n) is 2.73. The third-order valence-electron chi connectivity index (χ3n) is 1.69. The van der Waals surface area contributed by atoms with Gasteiger partial charge in [0.25, 0.3) is 0 Å². The molecule has 0 aromatic rings. The molecule has 2 atom stereocenters. The topological polar surface area (TPSA) is 40.5 Å². The van der Waals surface area contributed by atoms with E-state index in [0.717, 1.165) is 11.1 Å². The van der Waals surface area contributed by atoms with Crippen molar-refractivity contribution in [3.05, 3.63) is 23.3 Å². The van der Waals surface area contributed by atoms with Crippen molar-refractivity contribution in [3.63, 3.8) is 0 Å². The molecule has 0 heterocycles. The molecule has 1 aliphatic rings. The van der Waals surface area contributed by atoms with Gasteiger partial charge in [-0.2, -0.15) is 0 Å². The van der Waals surface area contributed by atoms with E-state index in [0.29, 0.717) is 0 Å². The molecule has 0 amide bonds. The van der Waals surface area contributed by atoms with Crippen molar-refractivity contribution in [1.82, 2.24) is 0 Å². The Morgan fingerprint density at radius 3 is 1.80 bits per heavy atom. The summed E-state index contributed by atoms with van der Waals surface area (Å²) in [5.74, 6) is 0. The standard InChI is InChI=1S/C8H12O2/c1-5(2)8-6(9)3-4-7(8)10/h3-4,6-7,9-10H,1-2H3. The number of hydrogen-bond donors (Lipinski definition) is 2. The lowest BCUT2D eigenvalue weighted by Gasteiger charge is -2.09. The van der Waals surface area contributed by atoms with E-state index in [1.807, 2.05) is 13.8 Å². The van der Waals surface area contributed by atoms with E-state index in [-0.39, 0.29) is 0 Å². The molecule has 2 unspecified atom stereocenters. The van der Waals surface area contributed by atoms with Crippen LogP contribution in [-0.2, 0) is 0 Å². The SMILES string of the molecule is CC(C)=C1C(O)C=CC1O. The van der Waals surface area contributed by atoms with Crippen LogP contribution in [0.2, 0.25) is 0 Å². The zero-order valence-electron chi connectivity index (χ0n) is 6.20. The average Bonchev–Trinajstić information content (AvgIpc) is 2.11. The molecule has 0 spiro atoms. The zero-order chi connectivity index (χ0) is 7.72. The van der Waals surface area contributed by atoms with Crippen LogP contribution in [0.3, 0.4) is 0 Å². The first-order valence-electron chi connectivity index (χ1n) is 3.34. The van der Waals surface area contributed by atoms with Gasteiger partial charge in [-0.3, -0.25) is 0 Å². The van der Waals surface area contributed by atoms with Gasteiger partial charge in [0.1, 0.15) is 0 Å². The maximum atomic E-state index is 9.23. The molecule has 1 rings (SSSR count). The number of hydrogen-bond acceptors (Lipinski definition) is 2. The van der Waals surface area contributed by atoms with Crippen molar-refractivity contribution in [1.29, 1.82) is 0 Å². The fourth-order valence-corrected chi connectivity index (χ4v) is 1.18. The lowest BCUT2D eigenvalue weighted by Crippen LogP contribution is -2.12. The fraction of sp³-hybridized carbons (Fsp3) is 0.500. The first-order chi connectivity index (χ1) is 4.63. The van der Waals surface area contributed by atoms with Crippen molar-refractivity contribution in [2.75, 3.05) is 0 Å². The van der Waals surface area contributed by atoms with Crippen LogP contribution in [0.5, 0.6) is 0 Å². The summed E-state index contributed by atoms with van der Waals surface area (Å²) < 4.78 is 0. The van der Waals surface area contributed by atoms with Crippen LogP contribution in [0.15, 0.2) is 23.3 Å². The van der Waals surface area contributed by atoms with Gasteiger partial charge in [0.2, 0.25) is 0 Å². The molecular formula is C8H12O2. The van der Waals surface area contributed by atoms with E-state index in [2.05, 4.69) is 0 Å². The molecule has 1 aliphatic carbocycles. The highest BCUT2D eigenvalue weighted by atomic mass is 16.3. The molecule has 0 saturated carbocycles. The van der Waals surface area contributed by atoms with E-state index in [1.54, 1.807) is 12.2 Å². The Balaban J connectivity index is 2.90. The van der Waals surface area contributed by atoms with Crippen molar-refractivity contribution in [2.24, 2.45) is 0 Å². The maximum absolute atomic E-state index is 9.23. The summed E-state index contributed by atoms with van der Waals surface area (Å²) in [6.45, 7) is 3.77. The van der Waals surface area contributed by atoms with Gasteiger partial charge in [-0.25, -0.2) is 0 Å². The quantitative estimate of drug-likeness (QED) is 0.484. The highest BCUT2D eigenvalue weighted by Gasteiger charge is 2.21. The molecule has 2 N–H and O–H groups in total. The van der Waals surface area contributed by atoms with Gasteiger partial charge in [0.15, 0.2) is 0 Å². The van der Waals surface area contributed by atoms with Gasteiger partial charge in [-0.05, 0) is 19.4 Å². The highest BCUT2D eigenvalue weighted by molar-refractivity contribution is 5.33. The maximum Gasteiger partial charge on any atom is 0.0963 e. The van der Waals surface area contributed by atoms with E-state index >= 15 is 0 Å². The first kappa shape index (κ1) is 7.51. The summed E-state index contributed by atoms with van der Waals surface area (Å²) in [5.41, 5.74) is 1.71. The molecule has 0 radical (unpaired) electrons. The van der Waals surface area contributed by atoms with Crippen LogP contribution >= 0.6 is 0 Å². The van der Waals surface area contributed by atoms with Crippen LogP contribution in [0.4, 0.5) is 0 Å². The molecule has 2 nitrogen and oxygen atoms in total. The third-order valence-corrected chi connectivity index (χ3v) is 1.69. The minimum absolute atomic E-state index is 0.569. The summed E-state index contributed by atoms with van der Waals surface area (Å²) in [6.07, 6.45) is 2.07. The molecule has 0 aliphatic heterocycles. The van der Waals surface area contributed by atoms with Crippen molar-refractivity contribution < 1.29 is 10.2 Å². The predicted molar refractivity (Wildman–Crippen MR) is 39.5 cm³/mol.